The zero-order chi connectivity index (χ0) is 12.2. The lowest BCUT2D eigenvalue weighted by Gasteiger charge is -2.19. The highest BCUT2D eigenvalue weighted by Crippen LogP contribution is 2.19. The molecule has 92 valence electrons. The summed E-state index contributed by atoms with van der Waals surface area (Å²) in [5.41, 5.74) is 5.47. The minimum atomic E-state index is -3.61. The second kappa shape index (κ2) is 5.28. The molecule has 0 aromatic carbocycles. The van der Waals surface area contributed by atoms with Gasteiger partial charge in [0.05, 0.1) is 6.20 Å². The molecule has 0 aliphatic rings. The molecule has 0 amide bonds. The van der Waals surface area contributed by atoms with E-state index >= 15 is 0 Å². The smallest absolute Gasteiger partial charge is 0.248 e. The van der Waals surface area contributed by atoms with Gasteiger partial charge in [-0.1, -0.05) is 6.92 Å². The lowest BCUT2D eigenvalue weighted by atomic mass is 10.4. The Bertz CT molecular complexity index is 428. The molecule has 0 bridgehead atoms. The molecule has 0 aliphatic carbocycles. The van der Waals surface area contributed by atoms with Gasteiger partial charge in [0.2, 0.25) is 10.0 Å². The Morgan fingerprint density at radius 3 is 2.75 bits per heavy atom. The molecule has 0 aliphatic heterocycles. The number of nitrogen functional groups attached to an aromatic ring is 1. The van der Waals surface area contributed by atoms with Crippen molar-refractivity contribution in [3.8, 4) is 0 Å². The molecule has 8 heteroatoms. The second-order valence-corrected chi connectivity index (χ2v) is 5.13. The largest absolute Gasteiger partial charge is 0.396 e. The summed E-state index contributed by atoms with van der Waals surface area (Å²) in [6, 6.07) is 0. The zero-order valence-electron chi connectivity index (χ0n) is 9.05. The van der Waals surface area contributed by atoms with Crippen LogP contribution in [0, 0.1) is 0 Å². The first-order valence-electron chi connectivity index (χ1n) is 4.93. The van der Waals surface area contributed by atoms with E-state index < -0.39 is 10.0 Å². The maximum Gasteiger partial charge on any atom is 0.248 e. The van der Waals surface area contributed by atoms with Gasteiger partial charge in [-0.3, -0.25) is 5.10 Å². The third kappa shape index (κ3) is 2.52. The van der Waals surface area contributed by atoms with Crippen molar-refractivity contribution in [2.24, 2.45) is 0 Å². The van der Waals surface area contributed by atoms with Crippen LogP contribution in [0.25, 0.3) is 0 Å². The number of aromatic nitrogens is 2. The fourth-order valence-corrected chi connectivity index (χ4v) is 2.82. The van der Waals surface area contributed by atoms with Crippen molar-refractivity contribution >= 4 is 15.8 Å². The van der Waals surface area contributed by atoms with E-state index in [4.69, 9.17) is 10.8 Å². The molecule has 0 radical (unpaired) electrons. The summed E-state index contributed by atoms with van der Waals surface area (Å²) in [5.74, 6) is 0.0300. The summed E-state index contributed by atoms with van der Waals surface area (Å²) in [4.78, 5) is -0.0210. The lowest BCUT2D eigenvalue weighted by Crippen LogP contribution is -2.32. The highest BCUT2D eigenvalue weighted by atomic mass is 32.2. The van der Waals surface area contributed by atoms with Crippen molar-refractivity contribution in [3.63, 3.8) is 0 Å². The molecule has 0 saturated heterocycles. The molecule has 7 nitrogen and oxygen atoms in total. The maximum absolute atomic E-state index is 12.1. The van der Waals surface area contributed by atoms with Gasteiger partial charge in [-0.15, -0.1) is 0 Å². The van der Waals surface area contributed by atoms with Crippen LogP contribution in [-0.4, -0.2) is 47.7 Å². The fraction of sp³-hybridized carbons (Fsp3) is 0.625. The number of nitrogens with one attached hydrogen (secondary N) is 1. The zero-order valence-corrected chi connectivity index (χ0v) is 9.87. The van der Waals surface area contributed by atoms with E-state index in [9.17, 15) is 8.42 Å². The molecule has 0 spiro atoms. The number of hydrogen-bond donors (Lipinski definition) is 3. The highest BCUT2D eigenvalue weighted by molar-refractivity contribution is 7.89. The van der Waals surface area contributed by atoms with Crippen LogP contribution in [0.15, 0.2) is 11.1 Å². The molecule has 0 atom stereocenters. The Balaban J connectivity index is 2.95. The van der Waals surface area contributed by atoms with Crippen LogP contribution in [-0.2, 0) is 10.0 Å². The quantitative estimate of drug-likeness (QED) is 0.621. The number of nitrogens with zero attached hydrogens (tertiary/aromatic N) is 2. The van der Waals surface area contributed by atoms with Gasteiger partial charge in [-0.05, 0) is 6.42 Å². The third-order valence-corrected chi connectivity index (χ3v) is 4.17. The summed E-state index contributed by atoms with van der Waals surface area (Å²) < 4.78 is 25.4. The molecule has 1 heterocycles. The fourth-order valence-electron chi connectivity index (χ4n) is 1.33. The third-order valence-electron chi connectivity index (χ3n) is 2.17. The van der Waals surface area contributed by atoms with E-state index in [-0.39, 0.29) is 23.9 Å². The monoisotopic (exact) mass is 248 g/mol. The van der Waals surface area contributed by atoms with E-state index in [1.807, 2.05) is 0 Å². The predicted octanol–water partition coefficient (Wildman–Crippen LogP) is -0.615. The molecule has 0 unspecified atom stereocenters. The van der Waals surface area contributed by atoms with Gasteiger partial charge in [0.25, 0.3) is 0 Å². The van der Waals surface area contributed by atoms with Crippen LogP contribution in [0.1, 0.15) is 13.3 Å². The van der Waals surface area contributed by atoms with Gasteiger partial charge < -0.3 is 10.8 Å². The van der Waals surface area contributed by atoms with Crippen molar-refractivity contribution in [3.05, 3.63) is 6.20 Å². The van der Waals surface area contributed by atoms with Gasteiger partial charge in [0, 0.05) is 19.7 Å². The number of H-pyrrole nitrogens is 1. The SMILES string of the molecule is CCN(CCCO)S(=O)(=O)c1cn[nH]c1N. The number of aliphatic hydroxyl groups is 1. The Kier molecular flexibility index (Phi) is 4.27. The number of hydrogen-bond acceptors (Lipinski definition) is 5. The Morgan fingerprint density at radius 2 is 2.31 bits per heavy atom. The Morgan fingerprint density at radius 1 is 1.62 bits per heavy atom. The first kappa shape index (κ1) is 12.9. The van der Waals surface area contributed by atoms with Crippen LogP contribution in [0.2, 0.25) is 0 Å². The lowest BCUT2D eigenvalue weighted by molar-refractivity contribution is 0.271. The standard InChI is InChI=1S/C8H16N4O3S/c1-2-12(4-3-5-13)16(14,15)7-6-10-11-8(7)9/h6,13H,2-5H2,1H3,(H3,9,10,11). The molecule has 1 rings (SSSR count). The number of aliphatic hydroxyl groups excluding tert-OH is 1. The molecule has 0 fully saturated rings. The Labute approximate surface area is 94.3 Å². The predicted molar refractivity (Wildman–Crippen MR) is 59.1 cm³/mol. The maximum atomic E-state index is 12.1. The van der Waals surface area contributed by atoms with Crippen LogP contribution >= 0.6 is 0 Å². The second-order valence-electron chi connectivity index (χ2n) is 3.22. The normalized spacial score (nSPS) is 12.2. The van der Waals surface area contributed by atoms with Gasteiger partial charge >= 0.3 is 0 Å². The molecule has 0 saturated carbocycles. The molecule has 16 heavy (non-hydrogen) atoms. The van der Waals surface area contributed by atoms with Gasteiger partial charge in [0.15, 0.2) is 0 Å². The Hall–Kier alpha value is -1.12. The van der Waals surface area contributed by atoms with Crippen molar-refractivity contribution < 1.29 is 13.5 Å². The molecule has 1 aromatic rings. The molecular formula is C8H16N4O3S. The van der Waals surface area contributed by atoms with Crippen molar-refractivity contribution in [2.45, 2.75) is 18.2 Å². The minimum Gasteiger partial charge on any atom is -0.396 e. The molecular weight excluding hydrogens is 232 g/mol. The molecule has 4 N–H and O–H groups in total. The summed E-state index contributed by atoms with van der Waals surface area (Å²) in [5, 5.41) is 14.7. The van der Waals surface area contributed by atoms with Gasteiger partial charge in [0.1, 0.15) is 10.7 Å². The van der Waals surface area contributed by atoms with E-state index in [0.717, 1.165) is 0 Å². The average Bonchev–Trinajstić information content (AvgIpc) is 2.66. The summed E-state index contributed by atoms with van der Waals surface area (Å²) in [6.45, 7) is 2.27. The number of aromatic amines is 1. The van der Waals surface area contributed by atoms with Crippen LogP contribution in [0.3, 0.4) is 0 Å². The first-order chi connectivity index (χ1) is 7.54. The number of sulfonamides is 1. The van der Waals surface area contributed by atoms with Crippen LogP contribution in [0.4, 0.5) is 5.82 Å². The van der Waals surface area contributed by atoms with Crippen molar-refractivity contribution in [2.75, 3.05) is 25.4 Å². The number of anilines is 1. The average molecular weight is 248 g/mol. The van der Waals surface area contributed by atoms with Crippen molar-refractivity contribution in [1.29, 1.82) is 0 Å². The summed E-state index contributed by atoms with van der Waals surface area (Å²) >= 11 is 0. The summed E-state index contributed by atoms with van der Waals surface area (Å²) in [7, 11) is -3.61. The number of nitrogens with two attached hydrogens (primary N) is 1. The van der Waals surface area contributed by atoms with Crippen LogP contribution in [0.5, 0.6) is 0 Å². The minimum absolute atomic E-state index is 0.0210. The van der Waals surface area contributed by atoms with E-state index in [1.54, 1.807) is 6.92 Å². The number of rotatable bonds is 6. The van der Waals surface area contributed by atoms with E-state index in [0.29, 0.717) is 13.0 Å². The van der Waals surface area contributed by atoms with Gasteiger partial charge in [-0.25, -0.2) is 8.42 Å². The van der Waals surface area contributed by atoms with Gasteiger partial charge in [-0.2, -0.15) is 9.40 Å². The topological polar surface area (TPSA) is 112 Å². The van der Waals surface area contributed by atoms with Crippen molar-refractivity contribution in [1.82, 2.24) is 14.5 Å². The first-order valence-corrected chi connectivity index (χ1v) is 6.38. The van der Waals surface area contributed by atoms with E-state index in [1.165, 1.54) is 10.5 Å². The van der Waals surface area contributed by atoms with Crippen LogP contribution < -0.4 is 5.73 Å². The molecule has 1 aromatic heterocycles. The van der Waals surface area contributed by atoms with E-state index in [2.05, 4.69) is 10.2 Å². The summed E-state index contributed by atoms with van der Waals surface area (Å²) in [6.07, 6.45) is 1.58. The highest BCUT2D eigenvalue weighted by Gasteiger charge is 2.26.